The van der Waals surface area contributed by atoms with Gasteiger partial charge in [0.15, 0.2) is 0 Å². The van der Waals surface area contributed by atoms with Gasteiger partial charge in [0.05, 0.1) is 11.3 Å². The number of rotatable bonds is 3. The van der Waals surface area contributed by atoms with Crippen molar-refractivity contribution in [3.63, 3.8) is 0 Å². The smallest absolute Gasteiger partial charge is 0.243 e. The summed E-state index contributed by atoms with van der Waals surface area (Å²) in [4.78, 5) is 22.8. The van der Waals surface area contributed by atoms with Crippen LogP contribution < -0.4 is 10.2 Å². The zero-order chi connectivity index (χ0) is 19.5. The molecule has 8 nitrogen and oxygen atoms in total. The van der Waals surface area contributed by atoms with Gasteiger partial charge in [-0.15, -0.1) is 0 Å². The first-order chi connectivity index (χ1) is 13.4. The fraction of sp³-hybridized carbons (Fsp3) is 0.421. The maximum atomic E-state index is 13.1. The van der Waals surface area contributed by atoms with Crippen molar-refractivity contribution >= 4 is 27.6 Å². The van der Waals surface area contributed by atoms with Crippen LogP contribution in [-0.4, -0.2) is 54.8 Å². The largest absolute Gasteiger partial charge is 0.340 e. The molecule has 3 aliphatic heterocycles. The van der Waals surface area contributed by atoms with E-state index in [-0.39, 0.29) is 29.1 Å². The normalized spacial score (nSPS) is 24.3. The number of aromatic nitrogens is 2. The molecule has 1 N–H and O–H groups in total. The summed E-state index contributed by atoms with van der Waals surface area (Å²) in [6.45, 7) is 4.48. The van der Waals surface area contributed by atoms with E-state index in [0.717, 1.165) is 30.3 Å². The number of aryl methyl sites for hydroxylation is 1. The highest BCUT2D eigenvalue weighted by Crippen LogP contribution is 2.36. The molecule has 2 saturated heterocycles. The average Bonchev–Trinajstić information content (AvgIpc) is 3.32. The van der Waals surface area contributed by atoms with Gasteiger partial charge in [0.1, 0.15) is 0 Å². The highest BCUT2D eigenvalue weighted by atomic mass is 32.2. The molecule has 0 spiro atoms. The Bertz CT molecular complexity index is 1060. The van der Waals surface area contributed by atoms with Gasteiger partial charge in [0.2, 0.25) is 21.9 Å². The van der Waals surface area contributed by atoms with Crippen molar-refractivity contribution in [1.29, 1.82) is 0 Å². The molecule has 1 aromatic heterocycles. The zero-order valence-corrected chi connectivity index (χ0v) is 16.3. The quantitative estimate of drug-likeness (QED) is 0.829. The Morgan fingerprint density at radius 2 is 1.86 bits per heavy atom. The summed E-state index contributed by atoms with van der Waals surface area (Å²) in [5.41, 5.74) is 2.38. The van der Waals surface area contributed by atoms with Crippen LogP contribution in [0.3, 0.4) is 0 Å². The van der Waals surface area contributed by atoms with E-state index < -0.39 is 10.0 Å². The summed E-state index contributed by atoms with van der Waals surface area (Å²) in [7, 11) is -3.56. The van der Waals surface area contributed by atoms with Crippen LogP contribution in [0.5, 0.6) is 0 Å². The Hall–Kier alpha value is -2.52. The first-order valence-corrected chi connectivity index (χ1v) is 10.8. The zero-order valence-electron chi connectivity index (χ0n) is 15.5. The molecule has 0 aliphatic carbocycles. The topological polar surface area (TPSA) is 95.5 Å². The van der Waals surface area contributed by atoms with Crippen LogP contribution in [-0.2, 0) is 21.2 Å². The van der Waals surface area contributed by atoms with Gasteiger partial charge >= 0.3 is 0 Å². The molecule has 3 aliphatic rings. The third kappa shape index (κ3) is 2.85. The number of carbonyl (C=O) groups excluding carboxylic acids is 1. The van der Waals surface area contributed by atoms with Crippen LogP contribution in [0, 0.1) is 18.8 Å². The number of benzene rings is 1. The first-order valence-electron chi connectivity index (χ1n) is 9.38. The Balaban J connectivity index is 1.32. The molecule has 4 heterocycles. The van der Waals surface area contributed by atoms with E-state index in [1.54, 1.807) is 28.7 Å². The van der Waals surface area contributed by atoms with Gasteiger partial charge in [0.25, 0.3) is 0 Å². The number of sulfonamides is 1. The second kappa shape index (κ2) is 6.25. The summed E-state index contributed by atoms with van der Waals surface area (Å²) < 4.78 is 27.8. The second-order valence-electron chi connectivity index (χ2n) is 7.79. The average molecular weight is 399 g/mol. The van der Waals surface area contributed by atoms with Crippen LogP contribution in [0.2, 0.25) is 0 Å². The second-order valence-corrected chi connectivity index (χ2v) is 9.73. The molecule has 5 rings (SSSR count). The lowest BCUT2D eigenvalue weighted by Crippen LogP contribution is -2.33. The molecule has 2 aromatic rings. The fourth-order valence-corrected chi connectivity index (χ4v) is 6.02. The lowest BCUT2D eigenvalue weighted by molar-refractivity contribution is -0.115. The van der Waals surface area contributed by atoms with E-state index >= 15 is 0 Å². The number of nitrogens with one attached hydrogen (secondary N) is 1. The van der Waals surface area contributed by atoms with E-state index in [9.17, 15) is 13.2 Å². The first kappa shape index (κ1) is 17.6. The number of fused-ring (bicyclic) bond motifs is 2. The molecule has 0 bridgehead atoms. The third-order valence-corrected chi connectivity index (χ3v) is 7.68. The molecule has 1 aromatic carbocycles. The number of anilines is 2. The highest BCUT2D eigenvalue weighted by Gasteiger charge is 2.45. The molecule has 1 amide bonds. The van der Waals surface area contributed by atoms with Gasteiger partial charge in [0, 0.05) is 43.8 Å². The third-order valence-electron chi connectivity index (χ3n) is 5.86. The van der Waals surface area contributed by atoms with Gasteiger partial charge in [-0.3, -0.25) is 4.79 Å². The summed E-state index contributed by atoms with van der Waals surface area (Å²) in [6, 6.07) is 6.76. The Morgan fingerprint density at radius 3 is 2.57 bits per heavy atom. The predicted molar refractivity (Wildman–Crippen MR) is 103 cm³/mol. The van der Waals surface area contributed by atoms with E-state index in [0.29, 0.717) is 18.8 Å². The van der Waals surface area contributed by atoms with Gasteiger partial charge < -0.3 is 10.2 Å². The molecule has 0 saturated carbocycles. The van der Waals surface area contributed by atoms with Gasteiger partial charge in [-0.2, -0.15) is 4.31 Å². The summed E-state index contributed by atoms with van der Waals surface area (Å²) in [5.74, 6) is 1.17. The van der Waals surface area contributed by atoms with Crippen molar-refractivity contribution in [1.82, 2.24) is 14.3 Å². The van der Waals surface area contributed by atoms with Crippen molar-refractivity contribution in [2.75, 3.05) is 36.4 Å². The number of hydrogen-bond donors (Lipinski definition) is 1. The van der Waals surface area contributed by atoms with Crippen LogP contribution in [0.25, 0.3) is 0 Å². The van der Waals surface area contributed by atoms with Gasteiger partial charge in [-0.1, -0.05) is 0 Å². The SMILES string of the molecule is Cc1ccnc(N2CC3CN(S(=O)(=O)c4ccc5c(c4)CC(=O)N5)CC3C2)n1. The Morgan fingerprint density at radius 1 is 1.11 bits per heavy atom. The van der Waals surface area contributed by atoms with Crippen molar-refractivity contribution in [2.24, 2.45) is 11.8 Å². The minimum atomic E-state index is -3.56. The number of carbonyl (C=O) groups is 1. The molecule has 146 valence electrons. The lowest BCUT2D eigenvalue weighted by atomic mass is 10.0. The van der Waals surface area contributed by atoms with Gasteiger partial charge in [-0.25, -0.2) is 18.4 Å². The van der Waals surface area contributed by atoms with Crippen molar-refractivity contribution in [2.45, 2.75) is 18.2 Å². The number of hydrogen-bond acceptors (Lipinski definition) is 6. The standard InChI is InChI=1S/C19H21N5O3S/c1-12-4-5-20-19(21-12)23-8-14-10-24(11-15(14)9-23)28(26,27)16-2-3-17-13(6-16)7-18(25)22-17/h2-6,14-15H,7-11H2,1H3,(H,22,25). The van der Waals surface area contributed by atoms with E-state index in [2.05, 4.69) is 20.2 Å². The molecule has 2 fully saturated rings. The van der Waals surface area contributed by atoms with Crippen molar-refractivity contribution < 1.29 is 13.2 Å². The summed E-state index contributed by atoms with van der Waals surface area (Å²) >= 11 is 0. The molecule has 28 heavy (non-hydrogen) atoms. The Kier molecular flexibility index (Phi) is 3.92. The molecular weight excluding hydrogens is 378 g/mol. The van der Waals surface area contributed by atoms with Gasteiger partial charge in [-0.05, 0) is 48.6 Å². The van der Waals surface area contributed by atoms with Crippen LogP contribution in [0.15, 0.2) is 35.4 Å². The minimum Gasteiger partial charge on any atom is -0.340 e. The van der Waals surface area contributed by atoms with Crippen LogP contribution >= 0.6 is 0 Å². The molecule has 9 heteroatoms. The maximum Gasteiger partial charge on any atom is 0.243 e. The number of amides is 1. The van der Waals surface area contributed by atoms with Crippen molar-refractivity contribution in [3.8, 4) is 0 Å². The predicted octanol–water partition coefficient (Wildman–Crippen LogP) is 1.04. The van der Waals surface area contributed by atoms with Crippen molar-refractivity contribution in [3.05, 3.63) is 41.7 Å². The monoisotopic (exact) mass is 399 g/mol. The minimum absolute atomic E-state index is 0.0984. The highest BCUT2D eigenvalue weighted by molar-refractivity contribution is 7.89. The molecular formula is C19H21N5O3S. The van der Waals surface area contributed by atoms with E-state index in [1.165, 1.54) is 0 Å². The van der Waals surface area contributed by atoms with Crippen LogP contribution in [0.4, 0.5) is 11.6 Å². The summed E-state index contributed by atoms with van der Waals surface area (Å²) in [5, 5.41) is 2.74. The molecule has 2 atom stereocenters. The van der Waals surface area contributed by atoms with E-state index in [4.69, 9.17) is 0 Å². The number of nitrogens with zero attached hydrogens (tertiary/aromatic N) is 4. The molecule has 2 unspecified atom stereocenters. The lowest BCUT2D eigenvalue weighted by Gasteiger charge is -2.22. The Labute approximate surface area is 163 Å². The van der Waals surface area contributed by atoms with E-state index in [1.807, 2.05) is 13.0 Å². The fourth-order valence-electron chi connectivity index (χ4n) is 4.41. The summed E-state index contributed by atoms with van der Waals surface area (Å²) in [6.07, 6.45) is 1.99. The molecule has 0 radical (unpaired) electrons. The van der Waals surface area contributed by atoms with Crippen LogP contribution in [0.1, 0.15) is 11.3 Å². The maximum absolute atomic E-state index is 13.1.